The number of benzene rings is 1. The van der Waals surface area contributed by atoms with Crippen LogP contribution in [0, 0.1) is 11.7 Å². The maximum atomic E-state index is 14.0. The van der Waals surface area contributed by atoms with Crippen molar-refractivity contribution in [2.24, 2.45) is 5.92 Å². The molecular weight excluding hydrogens is 297 g/mol. The smallest absolute Gasteiger partial charge is 0.224 e. The molecule has 18 heavy (non-hydrogen) atoms. The molecular formula is C14H15BrFNO. The molecule has 4 heteroatoms. The first-order valence-corrected chi connectivity index (χ1v) is 7.31. The van der Waals surface area contributed by atoms with Gasteiger partial charge in [-0.3, -0.25) is 4.79 Å². The quantitative estimate of drug-likeness (QED) is 0.841. The Morgan fingerprint density at radius 1 is 1.39 bits per heavy atom. The molecule has 96 valence electrons. The van der Waals surface area contributed by atoms with Gasteiger partial charge >= 0.3 is 0 Å². The van der Waals surface area contributed by atoms with E-state index in [0.29, 0.717) is 18.5 Å². The van der Waals surface area contributed by atoms with Crippen molar-refractivity contribution in [2.75, 3.05) is 5.32 Å². The highest BCUT2D eigenvalue weighted by Crippen LogP contribution is 2.42. The lowest BCUT2D eigenvalue weighted by atomic mass is 9.97. The standard InChI is InChI=1S/C14H15BrFNO/c15-11(5-8-1-2-8)10-6-9-3-4-14(18)17-13(9)7-12(10)16/h6-8,11H,1-5H2,(H,17,18). The number of carbonyl (C=O) groups is 1. The van der Waals surface area contributed by atoms with Crippen LogP contribution in [0.3, 0.4) is 0 Å². The summed E-state index contributed by atoms with van der Waals surface area (Å²) in [7, 11) is 0. The minimum absolute atomic E-state index is 0.0250. The molecule has 3 rings (SSSR count). The molecule has 1 saturated carbocycles. The summed E-state index contributed by atoms with van der Waals surface area (Å²) in [5, 5.41) is 2.73. The molecule has 1 unspecified atom stereocenters. The molecule has 2 nitrogen and oxygen atoms in total. The molecule has 2 aliphatic rings. The van der Waals surface area contributed by atoms with Crippen LogP contribution in [0.1, 0.15) is 41.6 Å². The highest BCUT2D eigenvalue weighted by molar-refractivity contribution is 9.09. The molecule has 0 spiro atoms. The van der Waals surface area contributed by atoms with Crippen molar-refractivity contribution in [2.45, 2.75) is 36.9 Å². The van der Waals surface area contributed by atoms with E-state index in [1.807, 2.05) is 6.07 Å². The Balaban J connectivity index is 1.88. The fraction of sp³-hybridized carbons (Fsp3) is 0.500. The van der Waals surface area contributed by atoms with Gasteiger partial charge < -0.3 is 5.32 Å². The molecule has 1 aliphatic carbocycles. The number of fused-ring (bicyclic) bond motifs is 1. The highest BCUT2D eigenvalue weighted by Gasteiger charge is 2.27. The molecule has 1 aromatic rings. The summed E-state index contributed by atoms with van der Waals surface area (Å²) in [4.78, 5) is 11.4. The Hall–Kier alpha value is -0.900. The lowest BCUT2D eigenvalue weighted by molar-refractivity contribution is -0.116. The van der Waals surface area contributed by atoms with Crippen LogP contribution in [-0.2, 0) is 11.2 Å². The molecule has 1 fully saturated rings. The minimum Gasteiger partial charge on any atom is -0.326 e. The maximum absolute atomic E-state index is 14.0. The molecule has 1 heterocycles. The average molecular weight is 312 g/mol. The summed E-state index contributed by atoms with van der Waals surface area (Å²) in [5.74, 6) is 0.506. The second-order valence-electron chi connectivity index (χ2n) is 5.23. The first-order valence-electron chi connectivity index (χ1n) is 6.39. The SMILES string of the molecule is O=C1CCc2cc(C(Br)CC3CC3)c(F)cc2N1. The van der Waals surface area contributed by atoms with Crippen LogP contribution in [0.25, 0.3) is 0 Å². The number of alkyl halides is 1. The largest absolute Gasteiger partial charge is 0.326 e. The molecule has 0 aromatic heterocycles. The lowest BCUT2D eigenvalue weighted by Crippen LogP contribution is -2.19. The van der Waals surface area contributed by atoms with Crippen LogP contribution in [0.15, 0.2) is 12.1 Å². The summed E-state index contributed by atoms with van der Waals surface area (Å²) in [6.45, 7) is 0. The van der Waals surface area contributed by atoms with Crippen LogP contribution in [-0.4, -0.2) is 5.91 Å². The zero-order valence-corrected chi connectivity index (χ0v) is 11.6. The molecule has 0 saturated heterocycles. The van der Waals surface area contributed by atoms with Crippen LogP contribution >= 0.6 is 15.9 Å². The third-order valence-electron chi connectivity index (χ3n) is 3.69. The van der Waals surface area contributed by atoms with Crippen molar-refractivity contribution in [3.63, 3.8) is 0 Å². The molecule has 1 aliphatic heterocycles. The van der Waals surface area contributed by atoms with E-state index in [-0.39, 0.29) is 16.6 Å². The maximum Gasteiger partial charge on any atom is 0.224 e. The van der Waals surface area contributed by atoms with Gasteiger partial charge in [-0.25, -0.2) is 4.39 Å². The van der Waals surface area contributed by atoms with Crippen LogP contribution < -0.4 is 5.32 Å². The molecule has 0 radical (unpaired) electrons. The van der Waals surface area contributed by atoms with Crippen molar-refractivity contribution < 1.29 is 9.18 Å². The van der Waals surface area contributed by atoms with E-state index in [9.17, 15) is 9.18 Å². The summed E-state index contributed by atoms with van der Waals surface area (Å²) >= 11 is 3.59. The van der Waals surface area contributed by atoms with Gasteiger partial charge in [-0.15, -0.1) is 0 Å². The number of aryl methyl sites for hydroxylation is 1. The second-order valence-corrected chi connectivity index (χ2v) is 6.33. The first kappa shape index (κ1) is 12.2. The van der Waals surface area contributed by atoms with Gasteiger partial charge in [-0.2, -0.15) is 0 Å². The number of hydrogen-bond donors (Lipinski definition) is 1. The third kappa shape index (κ3) is 2.44. The van der Waals surface area contributed by atoms with Crippen molar-refractivity contribution in [1.82, 2.24) is 0 Å². The topological polar surface area (TPSA) is 29.1 Å². The molecule has 1 N–H and O–H groups in total. The van der Waals surface area contributed by atoms with E-state index in [0.717, 1.165) is 23.5 Å². The Morgan fingerprint density at radius 3 is 2.89 bits per heavy atom. The molecule has 1 atom stereocenters. The highest BCUT2D eigenvalue weighted by atomic mass is 79.9. The van der Waals surface area contributed by atoms with Gasteiger partial charge in [0, 0.05) is 22.5 Å². The van der Waals surface area contributed by atoms with E-state index >= 15 is 0 Å². The second kappa shape index (κ2) is 4.65. The van der Waals surface area contributed by atoms with Gasteiger partial charge in [0.1, 0.15) is 5.82 Å². The van der Waals surface area contributed by atoms with Crippen molar-refractivity contribution in [3.05, 3.63) is 29.1 Å². The summed E-state index contributed by atoms with van der Waals surface area (Å²) < 4.78 is 14.0. The van der Waals surface area contributed by atoms with Crippen molar-refractivity contribution in [3.8, 4) is 0 Å². The number of nitrogens with one attached hydrogen (secondary N) is 1. The lowest BCUT2D eigenvalue weighted by Gasteiger charge is -2.20. The molecule has 0 bridgehead atoms. The monoisotopic (exact) mass is 311 g/mol. The molecule has 1 aromatic carbocycles. The van der Waals surface area contributed by atoms with E-state index in [1.54, 1.807) is 0 Å². The van der Waals surface area contributed by atoms with E-state index in [2.05, 4.69) is 21.2 Å². The fourth-order valence-electron chi connectivity index (χ4n) is 2.43. The van der Waals surface area contributed by atoms with Crippen molar-refractivity contribution in [1.29, 1.82) is 0 Å². The van der Waals surface area contributed by atoms with Crippen LogP contribution in [0.5, 0.6) is 0 Å². The van der Waals surface area contributed by atoms with Crippen LogP contribution in [0.4, 0.5) is 10.1 Å². The van der Waals surface area contributed by atoms with Gasteiger partial charge in [-0.1, -0.05) is 28.8 Å². The Kier molecular flexibility index (Phi) is 3.14. The first-order chi connectivity index (χ1) is 8.63. The normalized spacial score (nSPS) is 20.2. The Labute approximate surface area is 114 Å². The summed E-state index contributed by atoms with van der Waals surface area (Å²) in [6.07, 6.45) is 4.74. The number of hydrogen-bond acceptors (Lipinski definition) is 1. The van der Waals surface area contributed by atoms with Crippen molar-refractivity contribution >= 4 is 27.5 Å². The molecule has 1 amide bonds. The van der Waals surface area contributed by atoms with E-state index in [1.165, 1.54) is 18.9 Å². The summed E-state index contributed by atoms with van der Waals surface area (Å²) in [5.41, 5.74) is 2.42. The number of halogens is 2. The van der Waals surface area contributed by atoms with Gasteiger partial charge in [0.2, 0.25) is 5.91 Å². The average Bonchev–Trinajstić information content (AvgIpc) is 3.11. The number of anilines is 1. The van der Waals surface area contributed by atoms with Gasteiger partial charge in [0.05, 0.1) is 0 Å². The third-order valence-corrected chi connectivity index (χ3v) is 4.56. The summed E-state index contributed by atoms with van der Waals surface area (Å²) in [6, 6.07) is 3.37. The minimum atomic E-state index is -0.224. The number of carbonyl (C=O) groups excluding carboxylic acids is 1. The van der Waals surface area contributed by atoms with E-state index < -0.39 is 0 Å². The predicted octanol–water partition coefficient (Wildman–Crippen LogP) is 3.95. The number of amides is 1. The Bertz CT molecular complexity index is 499. The predicted molar refractivity (Wildman–Crippen MR) is 72.4 cm³/mol. The zero-order chi connectivity index (χ0) is 12.7. The number of rotatable bonds is 3. The van der Waals surface area contributed by atoms with Crippen LogP contribution in [0.2, 0.25) is 0 Å². The Morgan fingerprint density at radius 2 is 2.17 bits per heavy atom. The van der Waals surface area contributed by atoms with Gasteiger partial charge in [0.15, 0.2) is 0 Å². The van der Waals surface area contributed by atoms with Gasteiger partial charge in [-0.05, 0) is 36.5 Å². The fourth-order valence-corrected chi connectivity index (χ4v) is 3.31. The van der Waals surface area contributed by atoms with E-state index in [4.69, 9.17) is 0 Å². The zero-order valence-electron chi connectivity index (χ0n) is 10.0. The van der Waals surface area contributed by atoms with Gasteiger partial charge in [0.25, 0.3) is 0 Å².